The molecular formula is C33H45FN4O5. The third-order valence-corrected chi connectivity index (χ3v) is 8.18. The summed E-state index contributed by atoms with van der Waals surface area (Å²) in [4.78, 5) is 20.6. The van der Waals surface area contributed by atoms with Crippen molar-refractivity contribution < 1.29 is 28.1 Å². The molecule has 9 nitrogen and oxygen atoms in total. The lowest BCUT2D eigenvalue weighted by Crippen LogP contribution is -2.46. The van der Waals surface area contributed by atoms with Crippen molar-refractivity contribution in [2.24, 2.45) is 0 Å². The van der Waals surface area contributed by atoms with E-state index in [0.29, 0.717) is 48.9 Å². The fourth-order valence-electron chi connectivity index (χ4n) is 5.95. The molecule has 234 valence electrons. The summed E-state index contributed by atoms with van der Waals surface area (Å²) in [5.74, 6) is 0.0894. The number of carbonyl (C=O) groups is 1. The van der Waals surface area contributed by atoms with Gasteiger partial charge in [0.25, 0.3) is 0 Å². The second-order valence-electron chi connectivity index (χ2n) is 12.9. The lowest BCUT2D eigenvalue weighted by Gasteiger charge is -2.41. The number of aromatic nitrogens is 3. The van der Waals surface area contributed by atoms with Crippen LogP contribution in [0.4, 0.5) is 10.2 Å². The van der Waals surface area contributed by atoms with E-state index in [9.17, 15) is 9.18 Å². The van der Waals surface area contributed by atoms with Crippen molar-refractivity contribution in [2.45, 2.75) is 104 Å². The van der Waals surface area contributed by atoms with Crippen molar-refractivity contribution in [3.8, 4) is 0 Å². The highest BCUT2D eigenvalue weighted by Gasteiger charge is 2.38. The number of rotatable bonds is 4. The summed E-state index contributed by atoms with van der Waals surface area (Å²) in [6, 6.07) is 6.81. The van der Waals surface area contributed by atoms with E-state index in [1.54, 1.807) is 19.1 Å². The predicted molar refractivity (Wildman–Crippen MR) is 162 cm³/mol. The van der Waals surface area contributed by atoms with Crippen molar-refractivity contribution >= 4 is 17.4 Å². The highest BCUT2D eigenvalue weighted by atomic mass is 19.1. The van der Waals surface area contributed by atoms with Gasteiger partial charge in [0.05, 0.1) is 42.3 Å². The number of piperidine rings is 1. The van der Waals surface area contributed by atoms with Crippen molar-refractivity contribution in [1.29, 1.82) is 0 Å². The molecule has 5 heterocycles. The van der Waals surface area contributed by atoms with Gasteiger partial charge in [-0.25, -0.2) is 14.2 Å². The van der Waals surface area contributed by atoms with Crippen LogP contribution in [0.3, 0.4) is 0 Å². The van der Waals surface area contributed by atoms with E-state index in [1.165, 1.54) is 6.07 Å². The Morgan fingerprint density at radius 2 is 1.91 bits per heavy atom. The highest BCUT2D eigenvalue weighted by molar-refractivity contribution is 5.80. The molecule has 0 aliphatic carbocycles. The maximum atomic E-state index is 14.1. The van der Waals surface area contributed by atoms with E-state index in [0.717, 1.165) is 49.0 Å². The fourth-order valence-corrected chi connectivity index (χ4v) is 5.95. The van der Waals surface area contributed by atoms with E-state index in [-0.39, 0.29) is 24.6 Å². The van der Waals surface area contributed by atoms with Gasteiger partial charge in [-0.3, -0.25) is 0 Å². The van der Waals surface area contributed by atoms with Gasteiger partial charge < -0.3 is 23.8 Å². The molecule has 10 heteroatoms. The van der Waals surface area contributed by atoms with E-state index in [4.69, 9.17) is 29.0 Å². The summed E-state index contributed by atoms with van der Waals surface area (Å²) in [6.45, 7) is 14.6. The van der Waals surface area contributed by atoms with Crippen LogP contribution in [0.1, 0.15) is 94.5 Å². The zero-order chi connectivity index (χ0) is 30.8. The molecule has 2 aromatic heterocycles. The van der Waals surface area contributed by atoms with Gasteiger partial charge in [0.15, 0.2) is 11.8 Å². The number of nitrogens with zero attached hydrogens (tertiary/aromatic N) is 4. The Morgan fingerprint density at radius 1 is 1.14 bits per heavy atom. The molecule has 3 aliphatic heterocycles. The van der Waals surface area contributed by atoms with Crippen LogP contribution in [-0.4, -0.2) is 58.1 Å². The molecule has 1 fully saturated rings. The molecule has 4 bridgehead atoms. The molecule has 3 aromatic rings. The first-order valence-electron chi connectivity index (χ1n) is 15.4. The third-order valence-electron chi connectivity index (χ3n) is 8.18. The number of fused-ring (bicyclic) bond motifs is 8. The van der Waals surface area contributed by atoms with Crippen LogP contribution in [0.15, 0.2) is 24.3 Å². The summed E-state index contributed by atoms with van der Waals surface area (Å²) < 4.78 is 40.4. The lowest BCUT2D eigenvalue weighted by molar-refractivity contribution is -0.166. The molecule has 1 atom stereocenters. The molecule has 0 amide bonds. The Morgan fingerprint density at radius 3 is 2.63 bits per heavy atom. The van der Waals surface area contributed by atoms with Crippen molar-refractivity contribution in [3.05, 3.63) is 58.2 Å². The number of hydrogen-bond donors (Lipinski definition) is 0. The number of ether oxygens (including phenoxy) is 4. The van der Waals surface area contributed by atoms with Gasteiger partial charge in [-0.15, -0.1) is 0 Å². The average Bonchev–Trinajstić information content (AvgIpc) is 3.34. The topological polar surface area (TPSA) is 87.4 Å². The molecule has 1 unspecified atom stereocenters. The van der Waals surface area contributed by atoms with E-state index < -0.39 is 17.7 Å². The van der Waals surface area contributed by atoms with Gasteiger partial charge >= 0.3 is 5.97 Å². The Labute approximate surface area is 253 Å². The molecule has 1 aromatic carbocycles. The Kier molecular flexibility index (Phi) is 9.39. The van der Waals surface area contributed by atoms with Crippen molar-refractivity contribution in [1.82, 2.24) is 14.6 Å². The van der Waals surface area contributed by atoms with Crippen LogP contribution in [0, 0.1) is 12.7 Å². The standard InChI is InChI=1S/C33H45FN4O5/c1-7-41-31(39)29(43-32(3,4)5)28-22(2)35-27-19-26-21-40-20-24-11-12-25(34)18-23(24)10-8-9-17-42-33(6)13-15-37(16-14-33)30(28)38(27)36-26/h11-12,18-19,29H,7-10,13-17,20-21H2,1-6H3. The van der Waals surface area contributed by atoms with Gasteiger partial charge in [-0.2, -0.15) is 9.61 Å². The smallest absolute Gasteiger partial charge is 0.340 e. The van der Waals surface area contributed by atoms with E-state index in [1.807, 2.05) is 38.3 Å². The maximum Gasteiger partial charge on any atom is 0.340 e. The van der Waals surface area contributed by atoms with Gasteiger partial charge in [-0.1, -0.05) is 6.07 Å². The second kappa shape index (κ2) is 12.9. The van der Waals surface area contributed by atoms with Crippen molar-refractivity contribution in [3.63, 3.8) is 0 Å². The average molecular weight is 597 g/mol. The molecule has 6 rings (SSSR count). The summed E-state index contributed by atoms with van der Waals surface area (Å²) in [7, 11) is 0. The minimum absolute atomic E-state index is 0.238. The minimum Gasteiger partial charge on any atom is -0.464 e. The maximum absolute atomic E-state index is 14.1. The molecule has 3 aliphatic rings. The van der Waals surface area contributed by atoms with E-state index in [2.05, 4.69) is 11.8 Å². The number of hydrogen-bond acceptors (Lipinski definition) is 8. The van der Waals surface area contributed by atoms with Gasteiger partial charge in [-0.05, 0) is 96.9 Å². The predicted octanol–water partition coefficient (Wildman–Crippen LogP) is 6.02. The summed E-state index contributed by atoms with van der Waals surface area (Å²) in [6.07, 6.45) is 3.21. The Bertz CT molecular complexity index is 1440. The first-order valence-corrected chi connectivity index (χ1v) is 15.4. The zero-order valence-corrected chi connectivity index (χ0v) is 26.4. The Hall–Kier alpha value is -3.08. The van der Waals surface area contributed by atoms with E-state index >= 15 is 0 Å². The van der Waals surface area contributed by atoms with Crippen LogP contribution in [0.2, 0.25) is 0 Å². The molecule has 0 radical (unpaired) electrons. The summed E-state index contributed by atoms with van der Waals surface area (Å²) in [5, 5.41) is 4.93. The Balaban J connectivity index is 1.59. The van der Waals surface area contributed by atoms with Crippen LogP contribution in [0.25, 0.3) is 5.65 Å². The molecule has 1 saturated heterocycles. The number of benzene rings is 1. The first-order chi connectivity index (χ1) is 20.5. The quantitative estimate of drug-likeness (QED) is 0.338. The molecule has 0 N–H and O–H groups in total. The van der Waals surface area contributed by atoms with Crippen LogP contribution >= 0.6 is 0 Å². The lowest BCUT2D eigenvalue weighted by atomic mass is 9.92. The number of anilines is 1. The summed E-state index contributed by atoms with van der Waals surface area (Å²) in [5.41, 5.74) is 3.77. The number of halogens is 1. The highest BCUT2D eigenvalue weighted by Crippen LogP contribution is 2.38. The van der Waals surface area contributed by atoms with Gasteiger partial charge in [0, 0.05) is 31.5 Å². The number of aryl methyl sites for hydroxylation is 2. The number of esters is 1. The van der Waals surface area contributed by atoms with Gasteiger partial charge in [0.1, 0.15) is 11.6 Å². The summed E-state index contributed by atoms with van der Waals surface area (Å²) >= 11 is 0. The third kappa shape index (κ3) is 7.36. The molecular weight excluding hydrogens is 551 g/mol. The monoisotopic (exact) mass is 596 g/mol. The van der Waals surface area contributed by atoms with Crippen LogP contribution in [-0.2, 0) is 43.4 Å². The number of carbonyl (C=O) groups excluding carboxylic acids is 1. The van der Waals surface area contributed by atoms with Crippen LogP contribution in [0.5, 0.6) is 0 Å². The normalized spacial score (nSPS) is 18.7. The SMILES string of the molecule is CCOC(=O)C(OC(C)(C)C)c1c(C)nc2cc3nn2c1N1CCC(C)(CC1)OCCCCc1cc(F)ccc1COC3. The molecule has 43 heavy (non-hydrogen) atoms. The fraction of sp³-hybridized carbons (Fsp3) is 0.606. The van der Waals surface area contributed by atoms with Gasteiger partial charge in [0.2, 0.25) is 0 Å². The molecule has 0 spiro atoms. The van der Waals surface area contributed by atoms with Crippen molar-refractivity contribution in [2.75, 3.05) is 31.2 Å². The largest absolute Gasteiger partial charge is 0.464 e. The van der Waals surface area contributed by atoms with Crippen LogP contribution < -0.4 is 4.90 Å². The second-order valence-corrected chi connectivity index (χ2v) is 12.9. The molecule has 0 saturated carbocycles. The zero-order valence-electron chi connectivity index (χ0n) is 26.4. The minimum atomic E-state index is -0.977. The first kappa shape index (κ1) is 31.3.